The third kappa shape index (κ3) is 21.0. The predicted octanol–water partition coefficient (Wildman–Crippen LogP) is 2.89. The molecule has 4 rings (SSSR count). The number of benzene rings is 3. The second-order valence-electron chi connectivity index (χ2n) is 10.8. The highest BCUT2D eigenvalue weighted by Crippen LogP contribution is 2.44. The van der Waals surface area contributed by atoms with Crippen LogP contribution in [0.3, 0.4) is 0 Å². The number of ether oxygens (including phenoxy) is 5. The number of carboxylic acids is 1. The topological polar surface area (TPSA) is 261 Å². The summed E-state index contributed by atoms with van der Waals surface area (Å²) in [5, 5.41) is 26.4. The zero-order chi connectivity index (χ0) is 42.2. The normalized spacial score (nSPS) is 11.2. The minimum absolute atomic E-state index is 0.0654. The van der Waals surface area contributed by atoms with Crippen molar-refractivity contribution in [3.8, 4) is 16.9 Å². The maximum Gasteiger partial charge on any atom is 0.347 e. The fourth-order valence-electron chi connectivity index (χ4n) is 4.88. The van der Waals surface area contributed by atoms with Crippen molar-refractivity contribution in [1.29, 1.82) is 0 Å². The Labute approximate surface area is 321 Å². The van der Waals surface area contributed by atoms with Crippen LogP contribution in [0.5, 0.6) is 5.75 Å². The van der Waals surface area contributed by atoms with Crippen LogP contribution >= 0.6 is 0 Å². The van der Waals surface area contributed by atoms with Crippen LogP contribution < -0.4 is 16.2 Å². The molecule has 0 aliphatic heterocycles. The van der Waals surface area contributed by atoms with Gasteiger partial charge in [-0.1, -0.05) is 54.6 Å². The van der Waals surface area contributed by atoms with Gasteiger partial charge in [-0.3, -0.25) is 19.2 Å². The number of aliphatic carboxylic acids is 1. The fourth-order valence-corrected chi connectivity index (χ4v) is 4.88. The third-order valence-corrected chi connectivity index (χ3v) is 7.09. The van der Waals surface area contributed by atoms with Gasteiger partial charge in [0.2, 0.25) is 12.8 Å². The average Bonchev–Trinajstić information content (AvgIpc) is 3.48. The minimum Gasteiger partial charge on any atom is -0.481 e. The van der Waals surface area contributed by atoms with Crippen LogP contribution in [0.1, 0.15) is 61.8 Å². The molecule has 0 heterocycles. The highest BCUT2D eigenvalue weighted by Gasteiger charge is 2.29. The van der Waals surface area contributed by atoms with Crippen molar-refractivity contribution in [2.75, 3.05) is 34.5 Å². The number of nitrogens with two attached hydrogens (primary N) is 2. The lowest BCUT2D eigenvalue weighted by atomic mass is 9.98. The second-order valence-corrected chi connectivity index (χ2v) is 10.8. The number of rotatable bonds is 13. The quantitative estimate of drug-likeness (QED) is 0.124. The summed E-state index contributed by atoms with van der Waals surface area (Å²) in [6, 6.07) is 22.1. The lowest BCUT2D eigenvalue weighted by Crippen LogP contribution is -2.34. The molecule has 1 aliphatic carbocycles. The van der Waals surface area contributed by atoms with Gasteiger partial charge in [-0.05, 0) is 53.3 Å². The summed E-state index contributed by atoms with van der Waals surface area (Å²) >= 11 is 0. The molecular formula is C39H54N2O14. The van der Waals surface area contributed by atoms with Crippen molar-refractivity contribution >= 4 is 37.0 Å². The van der Waals surface area contributed by atoms with E-state index in [1.165, 1.54) is 57.4 Å². The molecule has 3 aromatic carbocycles. The summed E-state index contributed by atoms with van der Waals surface area (Å²) in [6.45, 7) is 4.41. The van der Waals surface area contributed by atoms with Crippen molar-refractivity contribution in [3.63, 3.8) is 0 Å². The standard InChI is InChI=1S/C30H34O7.C3H6O2.C2H4O2.C2H4O.2CH3NO/c1-34-22(13-14-31)16-29(30(33)35-2)37-28-12-11-20(17-32)15-21(28)18-36-19-27-25-9-5-3-7-23(25)24-8-4-6-10-26(24)27;1-3(4)5-2;1-2(3)4;1-2-3;2*2-1-3/h3-12,15,22,27,29,31-32H,13-14,16-19H2,1-2H3;1-2H3;1H3,(H,3,4);2H,1H3;2*1H,(H2,2,3). The summed E-state index contributed by atoms with van der Waals surface area (Å²) in [6.07, 6.45) is 0.556. The average molecular weight is 775 g/mol. The Morgan fingerprint density at radius 1 is 0.836 bits per heavy atom. The smallest absolute Gasteiger partial charge is 0.347 e. The van der Waals surface area contributed by atoms with Crippen LogP contribution in [-0.2, 0) is 60.9 Å². The molecule has 2 amide bonds. The number of methoxy groups -OCH3 is 3. The number of aliphatic hydroxyl groups excluding tert-OH is 2. The summed E-state index contributed by atoms with van der Waals surface area (Å²) in [7, 11) is 4.19. The van der Waals surface area contributed by atoms with E-state index in [4.69, 9.17) is 43.2 Å². The molecule has 1 aliphatic rings. The molecule has 2 atom stereocenters. The molecule has 0 bridgehead atoms. The molecule has 55 heavy (non-hydrogen) atoms. The van der Waals surface area contributed by atoms with Gasteiger partial charge in [-0.25, -0.2) is 4.79 Å². The molecule has 0 fully saturated rings. The van der Waals surface area contributed by atoms with Gasteiger partial charge in [0.1, 0.15) is 12.0 Å². The van der Waals surface area contributed by atoms with E-state index in [-0.39, 0.29) is 57.1 Å². The number of hydrogen-bond donors (Lipinski definition) is 5. The van der Waals surface area contributed by atoms with Crippen molar-refractivity contribution < 1.29 is 67.8 Å². The molecule has 304 valence electrons. The Kier molecular flexibility index (Phi) is 29.7. The van der Waals surface area contributed by atoms with Crippen molar-refractivity contribution in [2.45, 2.75) is 65.0 Å². The van der Waals surface area contributed by atoms with Gasteiger partial charge in [0.05, 0.1) is 40.1 Å². The molecule has 0 spiro atoms. The Morgan fingerprint density at radius 3 is 1.71 bits per heavy atom. The van der Waals surface area contributed by atoms with E-state index >= 15 is 0 Å². The zero-order valence-corrected chi connectivity index (χ0v) is 32.0. The van der Waals surface area contributed by atoms with E-state index in [0.717, 1.165) is 18.8 Å². The predicted molar refractivity (Wildman–Crippen MR) is 203 cm³/mol. The van der Waals surface area contributed by atoms with Crippen molar-refractivity contribution in [2.24, 2.45) is 11.5 Å². The van der Waals surface area contributed by atoms with Crippen LogP contribution in [0.2, 0.25) is 0 Å². The molecule has 0 radical (unpaired) electrons. The van der Waals surface area contributed by atoms with Crippen molar-refractivity contribution in [1.82, 2.24) is 0 Å². The molecule has 16 nitrogen and oxygen atoms in total. The van der Waals surface area contributed by atoms with Gasteiger partial charge in [-0.15, -0.1) is 0 Å². The van der Waals surface area contributed by atoms with Crippen LogP contribution in [0, 0.1) is 0 Å². The number of hydrogen-bond acceptors (Lipinski definition) is 13. The monoisotopic (exact) mass is 774 g/mol. The fraction of sp³-hybridized carbons (Fsp3) is 0.385. The number of aldehydes is 1. The molecule has 2 unspecified atom stereocenters. The Bertz CT molecular complexity index is 1500. The summed E-state index contributed by atoms with van der Waals surface area (Å²) in [5.41, 5.74) is 14.7. The van der Waals surface area contributed by atoms with Crippen LogP contribution in [0.4, 0.5) is 0 Å². The largest absolute Gasteiger partial charge is 0.481 e. The number of carboxylic acid groups (broad SMARTS) is 1. The Hall–Kier alpha value is -5.68. The van der Waals surface area contributed by atoms with Gasteiger partial charge in [0.15, 0.2) is 6.10 Å². The van der Waals surface area contributed by atoms with E-state index in [1.54, 1.807) is 12.1 Å². The lowest BCUT2D eigenvalue weighted by molar-refractivity contribution is -0.150. The number of esters is 2. The van der Waals surface area contributed by atoms with Crippen LogP contribution in [0.25, 0.3) is 11.1 Å². The maximum atomic E-state index is 12.5. The number of aliphatic hydroxyl groups is 2. The van der Waals surface area contributed by atoms with Crippen LogP contribution in [0.15, 0.2) is 66.7 Å². The van der Waals surface area contributed by atoms with Gasteiger partial charge in [0.25, 0.3) is 5.97 Å². The summed E-state index contributed by atoms with van der Waals surface area (Å²) in [5.74, 6) is -1.03. The van der Waals surface area contributed by atoms with E-state index < -0.39 is 18.0 Å². The van der Waals surface area contributed by atoms with E-state index in [2.05, 4.69) is 52.6 Å². The van der Waals surface area contributed by atoms with E-state index in [9.17, 15) is 19.8 Å². The van der Waals surface area contributed by atoms with Gasteiger partial charge in [0, 0.05) is 45.5 Å². The molecule has 7 N–H and O–H groups in total. The van der Waals surface area contributed by atoms with E-state index in [1.807, 2.05) is 18.2 Å². The first-order valence-corrected chi connectivity index (χ1v) is 16.7. The Balaban J connectivity index is 0. The highest BCUT2D eigenvalue weighted by atomic mass is 16.6. The molecule has 3 aromatic rings. The highest BCUT2D eigenvalue weighted by molar-refractivity contribution is 5.78. The first-order valence-electron chi connectivity index (χ1n) is 16.7. The van der Waals surface area contributed by atoms with E-state index in [0.29, 0.717) is 24.3 Å². The Morgan fingerprint density at radius 2 is 1.31 bits per heavy atom. The summed E-state index contributed by atoms with van der Waals surface area (Å²) in [4.78, 5) is 57.1. The number of carbonyl (C=O) groups is 6. The first kappa shape index (κ1) is 51.4. The number of fused-ring (bicyclic) bond motifs is 3. The maximum absolute atomic E-state index is 12.5. The lowest BCUT2D eigenvalue weighted by Gasteiger charge is -2.23. The molecular weight excluding hydrogens is 720 g/mol. The first-order chi connectivity index (χ1) is 26.3. The molecule has 0 saturated carbocycles. The number of carbonyl (C=O) groups excluding carboxylic acids is 5. The van der Waals surface area contributed by atoms with Gasteiger partial charge in [-0.2, -0.15) is 0 Å². The zero-order valence-electron chi connectivity index (χ0n) is 32.0. The van der Waals surface area contributed by atoms with Gasteiger partial charge >= 0.3 is 11.9 Å². The molecule has 0 saturated heterocycles. The number of primary amides is 2. The third-order valence-electron chi connectivity index (χ3n) is 7.09. The second kappa shape index (κ2) is 31.8. The minimum atomic E-state index is -0.922. The number of amides is 2. The van der Waals surface area contributed by atoms with Crippen LogP contribution in [-0.4, -0.2) is 99.1 Å². The van der Waals surface area contributed by atoms with Gasteiger partial charge < -0.3 is 55.3 Å². The molecule has 16 heteroatoms. The summed E-state index contributed by atoms with van der Waals surface area (Å²) < 4.78 is 26.8. The SMILES string of the molecule is CC(=O)O.CC=O.COC(=O)C(CC(CCO)OC)Oc1ccc(CO)cc1COCC1c2ccccc2-c2ccccc21.COC(C)=O.NC=O.NC=O. The van der Waals surface area contributed by atoms with Crippen molar-refractivity contribution in [3.05, 3.63) is 89.0 Å². The molecule has 0 aromatic heterocycles.